The van der Waals surface area contributed by atoms with E-state index in [1.807, 2.05) is 12.1 Å². The normalized spacial score (nSPS) is 10.0. The summed E-state index contributed by atoms with van der Waals surface area (Å²) in [5, 5.41) is 0. The number of ether oxygens (including phenoxy) is 1. The molecular weight excluding hydrogens is 309 g/mol. The SMILES string of the molecule is COCCONC(=O)c1cccc(I)c1. The third-order valence-corrected chi connectivity index (χ3v) is 2.31. The molecular formula is C10H12INO3. The van der Waals surface area contributed by atoms with Crippen molar-refractivity contribution in [1.29, 1.82) is 0 Å². The highest BCUT2D eigenvalue weighted by atomic mass is 127. The smallest absolute Gasteiger partial charge is 0.274 e. The van der Waals surface area contributed by atoms with Crippen molar-refractivity contribution in [3.63, 3.8) is 0 Å². The Morgan fingerprint density at radius 1 is 1.47 bits per heavy atom. The summed E-state index contributed by atoms with van der Waals surface area (Å²) in [6, 6.07) is 7.27. The number of hydrogen-bond donors (Lipinski definition) is 1. The van der Waals surface area contributed by atoms with E-state index in [9.17, 15) is 4.79 Å². The molecule has 1 rings (SSSR count). The average molecular weight is 321 g/mol. The highest BCUT2D eigenvalue weighted by molar-refractivity contribution is 14.1. The predicted molar refractivity (Wildman–Crippen MR) is 64.5 cm³/mol. The Kier molecular flexibility index (Phi) is 5.59. The number of benzene rings is 1. The number of halogens is 1. The molecule has 0 radical (unpaired) electrons. The Labute approximate surface area is 102 Å². The monoisotopic (exact) mass is 321 g/mol. The van der Waals surface area contributed by atoms with Crippen LogP contribution >= 0.6 is 22.6 Å². The molecule has 0 bridgehead atoms. The van der Waals surface area contributed by atoms with E-state index < -0.39 is 0 Å². The molecule has 4 nitrogen and oxygen atoms in total. The van der Waals surface area contributed by atoms with Gasteiger partial charge in [-0.25, -0.2) is 5.48 Å². The number of carbonyl (C=O) groups is 1. The Hall–Kier alpha value is -0.660. The first kappa shape index (κ1) is 12.4. The highest BCUT2D eigenvalue weighted by Crippen LogP contribution is 2.07. The number of nitrogens with one attached hydrogen (secondary N) is 1. The van der Waals surface area contributed by atoms with Crippen LogP contribution in [0.2, 0.25) is 0 Å². The molecule has 0 atom stereocenters. The summed E-state index contributed by atoms with van der Waals surface area (Å²) in [6.07, 6.45) is 0. The summed E-state index contributed by atoms with van der Waals surface area (Å²) in [7, 11) is 1.57. The van der Waals surface area contributed by atoms with Crippen molar-refractivity contribution in [2.45, 2.75) is 0 Å². The molecule has 0 spiro atoms. The van der Waals surface area contributed by atoms with Gasteiger partial charge in [-0.05, 0) is 40.8 Å². The van der Waals surface area contributed by atoms with E-state index in [4.69, 9.17) is 9.57 Å². The van der Waals surface area contributed by atoms with E-state index in [2.05, 4.69) is 28.1 Å². The largest absolute Gasteiger partial charge is 0.382 e. The molecule has 0 unspecified atom stereocenters. The van der Waals surface area contributed by atoms with Gasteiger partial charge in [-0.2, -0.15) is 0 Å². The molecule has 82 valence electrons. The molecule has 0 saturated heterocycles. The van der Waals surface area contributed by atoms with Crippen LogP contribution in [0.5, 0.6) is 0 Å². The van der Waals surface area contributed by atoms with Gasteiger partial charge in [-0.3, -0.25) is 9.63 Å². The lowest BCUT2D eigenvalue weighted by Crippen LogP contribution is -2.25. The summed E-state index contributed by atoms with van der Waals surface area (Å²) in [6.45, 7) is 0.790. The summed E-state index contributed by atoms with van der Waals surface area (Å²) >= 11 is 2.15. The third-order valence-electron chi connectivity index (χ3n) is 1.64. The van der Waals surface area contributed by atoms with Crippen LogP contribution in [-0.4, -0.2) is 26.2 Å². The first-order valence-corrected chi connectivity index (χ1v) is 5.48. The fourth-order valence-corrected chi connectivity index (χ4v) is 1.47. The van der Waals surface area contributed by atoms with Crippen LogP contribution in [0.25, 0.3) is 0 Å². The Morgan fingerprint density at radius 2 is 2.27 bits per heavy atom. The van der Waals surface area contributed by atoms with E-state index in [0.717, 1.165) is 3.57 Å². The number of hydroxylamine groups is 1. The molecule has 0 aliphatic heterocycles. The zero-order chi connectivity index (χ0) is 11.1. The first-order chi connectivity index (χ1) is 7.24. The van der Waals surface area contributed by atoms with Gasteiger partial charge in [0.2, 0.25) is 0 Å². The number of rotatable bonds is 5. The third kappa shape index (κ3) is 4.59. The standard InChI is InChI=1S/C10H12INO3/c1-14-5-6-15-12-10(13)8-3-2-4-9(11)7-8/h2-4,7H,5-6H2,1H3,(H,12,13). The first-order valence-electron chi connectivity index (χ1n) is 4.40. The minimum Gasteiger partial charge on any atom is -0.382 e. The Bertz CT molecular complexity index is 330. The topological polar surface area (TPSA) is 47.6 Å². The van der Waals surface area contributed by atoms with Gasteiger partial charge in [-0.1, -0.05) is 6.07 Å². The van der Waals surface area contributed by atoms with E-state index in [1.54, 1.807) is 19.2 Å². The van der Waals surface area contributed by atoms with Gasteiger partial charge >= 0.3 is 0 Å². The minimum atomic E-state index is -0.246. The Balaban J connectivity index is 2.40. The number of amides is 1. The summed E-state index contributed by atoms with van der Waals surface area (Å²) in [5.41, 5.74) is 2.92. The van der Waals surface area contributed by atoms with Gasteiger partial charge in [0.15, 0.2) is 0 Å². The van der Waals surface area contributed by atoms with Crippen LogP contribution in [0.1, 0.15) is 10.4 Å². The van der Waals surface area contributed by atoms with Gasteiger partial charge in [0.1, 0.15) is 0 Å². The molecule has 5 heteroatoms. The van der Waals surface area contributed by atoms with E-state index in [0.29, 0.717) is 18.8 Å². The fourth-order valence-electron chi connectivity index (χ4n) is 0.930. The van der Waals surface area contributed by atoms with Crippen LogP contribution in [0.4, 0.5) is 0 Å². The molecule has 0 aliphatic rings. The number of hydrogen-bond acceptors (Lipinski definition) is 3. The minimum absolute atomic E-state index is 0.246. The van der Waals surface area contributed by atoms with Gasteiger partial charge in [0.25, 0.3) is 5.91 Å². The molecule has 15 heavy (non-hydrogen) atoms. The van der Waals surface area contributed by atoms with Crippen molar-refractivity contribution in [2.24, 2.45) is 0 Å². The number of carbonyl (C=O) groups excluding carboxylic acids is 1. The van der Waals surface area contributed by atoms with Crippen molar-refractivity contribution >= 4 is 28.5 Å². The second-order valence-corrected chi connectivity index (χ2v) is 4.03. The summed E-state index contributed by atoms with van der Waals surface area (Å²) in [4.78, 5) is 16.4. The molecule has 1 amide bonds. The zero-order valence-electron chi connectivity index (χ0n) is 8.33. The summed E-state index contributed by atoms with van der Waals surface area (Å²) < 4.78 is 5.78. The van der Waals surface area contributed by atoms with Gasteiger partial charge in [-0.15, -0.1) is 0 Å². The lowest BCUT2D eigenvalue weighted by molar-refractivity contribution is 0.00888. The van der Waals surface area contributed by atoms with Crippen molar-refractivity contribution < 1.29 is 14.4 Å². The molecule has 0 fully saturated rings. The van der Waals surface area contributed by atoms with Crippen LogP contribution in [0.15, 0.2) is 24.3 Å². The molecule has 0 heterocycles. The van der Waals surface area contributed by atoms with Crippen LogP contribution < -0.4 is 5.48 Å². The van der Waals surface area contributed by atoms with E-state index in [-0.39, 0.29) is 5.91 Å². The van der Waals surface area contributed by atoms with Crippen LogP contribution in [0, 0.1) is 3.57 Å². The van der Waals surface area contributed by atoms with Crippen molar-refractivity contribution in [3.8, 4) is 0 Å². The summed E-state index contributed by atoms with van der Waals surface area (Å²) in [5.74, 6) is -0.246. The van der Waals surface area contributed by atoms with E-state index >= 15 is 0 Å². The molecule has 1 N–H and O–H groups in total. The fraction of sp³-hybridized carbons (Fsp3) is 0.300. The Morgan fingerprint density at radius 3 is 2.93 bits per heavy atom. The van der Waals surface area contributed by atoms with Gasteiger partial charge < -0.3 is 4.74 Å². The molecule has 0 aromatic heterocycles. The van der Waals surface area contributed by atoms with Crippen molar-refractivity contribution in [2.75, 3.05) is 20.3 Å². The molecule has 0 saturated carbocycles. The predicted octanol–water partition coefficient (Wildman–Crippen LogP) is 1.60. The maximum Gasteiger partial charge on any atom is 0.274 e. The lowest BCUT2D eigenvalue weighted by Gasteiger charge is -2.05. The van der Waals surface area contributed by atoms with Crippen LogP contribution in [-0.2, 0) is 9.57 Å². The quantitative estimate of drug-likeness (QED) is 0.509. The van der Waals surface area contributed by atoms with Crippen LogP contribution in [0.3, 0.4) is 0 Å². The average Bonchev–Trinajstić information content (AvgIpc) is 2.24. The van der Waals surface area contributed by atoms with Gasteiger partial charge in [0.05, 0.1) is 13.2 Å². The molecule has 0 aliphatic carbocycles. The molecule has 1 aromatic rings. The van der Waals surface area contributed by atoms with Crippen molar-refractivity contribution in [3.05, 3.63) is 33.4 Å². The number of methoxy groups -OCH3 is 1. The highest BCUT2D eigenvalue weighted by Gasteiger charge is 2.04. The maximum atomic E-state index is 11.5. The second-order valence-electron chi connectivity index (χ2n) is 2.78. The van der Waals surface area contributed by atoms with Crippen molar-refractivity contribution in [1.82, 2.24) is 5.48 Å². The second kappa shape index (κ2) is 6.76. The zero-order valence-corrected chi connectivity index (χ0v) is 10.5. The van der Waals surface area contributed by atoms with E-state index in [1.165, 1.54) is 0 Å². The maximum absolute atomic E-state index is 11.5. The lowest BCUT2D eigenvalue weighted by atomic mass is 10.2. The molecule has 1 aromatic carbocycles. The van der Waals surface area contributed by atoms with Gasteiger partial charge in [0, 0.05) is 16.2 Å².